The number of morpholine rings is 1. The van der Waals surface area contributed by atoms with Gasteiger partial charge in [-0.3, -0.25) is 4.90 Å². The molecule has 1 atom stereocenters. The van der Waals surface area contributed by atoms with Crippen molar-refractivity contribution < 1.29 is 4.74 Å². The van der Waals surface area contributed by atoms with Gasteiger partial charge in [-0.1, -0.05) is 23.7 Å². The van der Waals surface area contributed by atoms with Crippen LogP contribution in [0.1, 0.15) is 17.6 Å². The van der Waals surface area contributed by atoms with E-state index in [9.17, 15) is 0 Å². The molecule has 6 nitrogen and oxygen atoms in total. The minimum absolute atomic E-state index is 0.0926. The van der Waals surface area contributed by atoms with E-state index < -0.39 is 0 Å². The third-order valence-corrected chi connectivity index (χ3v) is 4.45. The number of H-pyrrole nitrogens is 2. The van der Waals surface area contributed by atoms with Crippen LogP contribution in [0.15, 0.2) is 43.0 Å². The molecular weight excluding hydrogens is 326 g/mol. The fourth-order valence-corrected chi connectivity index (χ4v) is 3.17. The van der Waals surface area contributed by atoms with E-state index >= 15 is 0 Å². The van der Waals surface area contributed by atoms with Crippen LogP contribution in [0.5, 0.6) is 0 Å². The Hall–Kier alpha value is -2.15. The molecule has 1 saturated heterocycles. The summed E-state index contributed by atoms with van der Waals surface area (Å²) >= 11 is 6.08. The lowest BCUT2D eigenvalue weighted by molar-refractivity contribution is -0.0161. The summed E-state index contributed by atoms with van der Waals surface area (Å²) in [6.45, 7) is 3.00. The van der Waals surface area contributed by atoms with Crippen LogP contribution in [0, 0.1) is 0 Å². The summed E-state index contributed by atoms with van der Waals surface area (Å²) in [5.41, 5.74) is 3.07. The zero-order chi connectivity index (χ0) is 16.4. The number of rotatable bonds is 4. The standard InChI is InChI=1S/C17H18ClN5O/c18-13-3-1-2-12(6-13)15-8-20-17(22-15)16-10-24-5-4-23(16)9-14-7-19-11-21-14/h1-3,6-8,11,16H,4-5,9-10H2,(H,19,21)(H,20,22). The summed E-state index contributed by atoms with van der Waals surface area (Å²) in [5.74, 6) is 0.907. The van der Waals surface area contributed by atoms with Crippen molar-refractivity contribution in [3.8, 4) is 11.3 Å². The molecule has 0 spiro atoms. The lowest BCUT2D eigenvalue weighted by atomic mass is 10.2. The molecule has 4 rings (SSSR count). The van der Waals surface area contributed by atoms with Gasteiger partial charge >= 0.3 is 0 Å². The van der Waals surface area contributed by atoms with Gasteiger partial charge in [0.1, 0.15) is 5.82 Å². The molecule has 1 aliphatic rings. The predicted octanol–water partition coefficient (Wildman–Crippen LogP) is 3.03. The van der Waals surface area contributed by atoms with E-state index in [2.05, 4.69) is 24.8 Å². The second-order valence-corrected chi connectivity index (χ2v) is 6.27. The maximum Gasteiger partial charge on any atom is 0.126 e. The molecule has 1 aliphatic heterocycles. The van der Waals surface area contributed by atoms with Crippen molar-refractivity contribution in [1.29, 1.82) is 0 Å². The molecule has 1 fully saturated rings. The van der Waals surface area contributed by atoms with Crippen LogP contribution in [0.2, 0.25) is 5.02 Å². The Morgan fingerprint density at radius 2 is 2.29 bits per heavy atom. The molecule has 2 aromatic heterocycles. The summed E-state index contributed by atoms with van der Waals surface area (Å²) < 4.78 is 5.67. The number of aromatic nitrogens is 4. The van der Waals surface area contributed by atoms with Gasteiger partial charge in [-0.05, 0) is 12.1 Å². The van der Waals surface area contributed by atoms with Crippen LogP contribution in [0.25, 0.3) is 11.3 Å². The molecule has 0 saturated carbocycles. The molecule has 3 aromatic rings. The molecule has 124 valence electrons. The van der Waals surface area contributed by atoms with E-state index in [-0.39, 0.29) is 6.04 Å². The molecule has 24 heavy (non-hydrogen) atoms. The van der Waals surface area contributed by atoms with Crippen molar-refractivity contribution in [2.24, 2.45) is 0 Å². The van der Waals surface area contributed by atoms with Crippen LogP contribution in [0.3, 0.4) is 0 Å². The van der Waals surface area contributed by atoms with Crippen LogP contribution < -0.4 is 0 Å². The SMILES string of the molecule is Clc1cccc(-c2cnc(C3COCCN3Cc3cnc[nH]3)[nH]2)c1. The average molecular weight is 344 g/mol. The molecule has 7 heteroatoms. The Labute approximate surface area is 144 Å². The minimum Gasteiger partial charge on any atom is -0.378 e. The zero-order valence-electron chi connectivity index (χ0n) is 13.1. The fourth-order valence-electron chi connectivity index (χ4n) is 2.98. The summed E-state index contributed by atoms with van der Waals surface area (Å²) in [7, 11) is 0. The maximum atomic E-state index is 6.08. The molecular formula is C17H18ClN5O. The van der Waals surface area contributed by atoms with Gasteiger partial charge in [-0.25, -0.2) is 9.97 Å². The van der Waals surface area contributed by atoms with Crippen LogP contribution in [-0.4, -0.2) is 44.6 Å². The summed E-state index contributed by atoms with van der Waals surface area (Å²) in [5, 5.41) is 0.713. The lowest BCUT2D eigenvalue weighted by Crippen LogP contribution is -2.39. The van der Waals surface area contributed by atoms with E-state index in [1.54, 1.807) is 6.33 Å². The third kappa shape index (κ3) is 3.21. The number of nitrogens with one attached hydrogen (secondary N) is 2. The first kappa shape index (κ1) is 15.4. The van der Waals surface area contributed by atoms with Gasteiger partial charge in [0.2, 0.25) is 0 Å². The van der Waals surface area contributed by atoms with Gasteiger partial charge in [0, 0.05) is 35.6 Å². The first-order valence-electron chi connectivity index (χ1n) is 7.89. The number of imidazole rings is 2. The van der Waals surface area contributed by atoms with Crippen LogP contribution in [0.4, 0.5) is 0 Å². The highest BCUT2D eigenvalue weighted by Crippen LogP contribution is 2.27. The van der Waals surface area contributed by atoms with Gasteiger partial charge in [0.05, 0.1) is 37.5 Å². The quantitative estimate of drug-likeness (QED) is 0.764. The minimum atomic E-state index is 0.0926. The largest absolute Gasteiger partial charge is 0.378 e. The molecule has 1 aromatic carbocycles. The zero-order valence-corrected chi connectivity index (χ0v) is 13.8. The van der Waals surface area contributed by atoms with Gasteiger partial charge in [-0.15, -0.1) is 0 Å². The summed E-state index contributed by atoms with van der Waals surface area (Å²) in [6.07, 6.45) is 5.41. The Balaban J connectivity index is 1.57. The van der Waals surface area contributed by atoms with E-state index in [1.165, 1.54) is 0 Å². The molecule has 2 N–H and O–H groups in total. The second kappa shape index (κ2) is 6.76. The van der Waals surface area contributed by atoms with E-state index in [1.807, 2.05) is 36.7 Å². The topological polar surface area (TPSA) is 69.8 Å². The smallest absolute Gasteiger partial charge is 0.126 e. The molecule has 0 amide bonds. The average Bonchev–Trinajstić information content (AvgIpc) is 3.27. The van der Waals surface area contributed by atoms with Crippen molar-refractivity contribution >= 4 is 11.6 Å². The first-order chi connectivity index (χ1) is 11.8. The predicted molar refractivity (Wildman–Crippen MR) is 91.6 cm³/mol. The first-order valence-corrected chi connectivity index (χ1v) is 8.27. The van der Waals surface area contributed by atoms with Gasteiger partial charge in [-0.2, -0.15) is 0 Å². The Morgan fingerprint density at radius 3 is 3.12 bits per heavy atom. The Bertz CT molecular complexity index is 801. The van der Waals surface area contributed by atoms with Crippen molar-refractivity contribution in [3.63, 3.8) is 0 Å². The molecule has 0 radical (unpaired) electrons. The Morgan fingerprint density at radius 1 is 1.33 bits per heavy atom. The highest BCUT2D eigenvalue weighted by atomic mass is 35.5. The van der Waals surface area contributed by atoms with Crippen LogP contribution >= 0.6 is 11.6 Å². The number of nitrogens with zero attached hydrogens (tertiary/aromatic N) is 3. The highest BCUT2D eigenvalue weighted by Gasteiger charge is 2.27. The lowest BCUT2D eigenvalue weighted by Gasteiger charge is -2.33. The van der Waals surface area contributed by atoms with E-state index in [0.717, 1.165) is 42.5 Å². The van der Waals surface area contributed by atoms with Crippen molar-refractivity contribution in [2.75, 3.05) is 19.8 Å². The van der Waals surface area contributed by atoms with Crippen LogP contribution in [-0.2, 0) is 11.3 Å². The number of ether oxygens (including phenoxy) is 1. The molecule has 3 heterocycles. The number of benzene rings is 1. The number of halogens is 1. The monoisotopic (exact) mass is 343 g/mol. The van der Waals surface area contributed by atoms with Crippen molar-refractivity contribution in [2.45, 2.75) is 12.6 Å². The molecule has 1 unspecified atom stereocenters. The fraction of sp³-hybridized carbons (Fsp3) is 0.294. The highest BCUT2D eigenvalue weighted by molar-refractivity contribution is 6.30. The summed E-state index contributed by atoms with van der Waals surface area (Å²) in [6, 6.07) is 7.84. The maximum absolute atomic E-state index is 6.08. The normalized spacial score (nSPS) is 18.8. The van der Waals surface area contributed by atoms with Crippen molar-refractivity contribution in [3.05, 3.63) is 59.5 Å². The van der Waals surface area contributed by atoms with E-state index in [0.29, 0.717) is 11.6 Å². The second-order valence-electron chi connectivity index (χ2n) is 5.83. The molecule has 0 bridgehead atoms. The number of aromatic amines is 2. The third-order valence-electron chi connectivity index (χ3n) is 4.21. The van der Waals surface area contributed by atoms with Gasteiger partial charge in [0.25, 0.3) is 0 Å². The van der Waals surface area contributed by atoms with Crippen molar-refractivity contribution in [1.82, 2.24) is 24.8 Å². The summed E-state index contributed by atoms with van der Waals surface area (Å²) in [4.78, 5) is 17.6. The number of hydrogen-bond acceptors (Lipinski definition) is 4. The molecule has 0 aliphatic carbocycles. The number of hydrogen-bond donors (Lipinski definition) is 2. The van der Waals surface area contributed by atoms with Gasteiger partial charge in [0.15, 0.2) is 0 Å². The van der Waals surface area contributed by atoms with Gasteiger partial charge < -0.3 is 14.7 Å². The van der Waals surface area contributed by atoms with E-state index in [4.69, 9.17) is 16.3 Å². The Kier molecular flexibility index (Phi) is 4.34.